The second kappa shape index (κ2) is 6.95. The smallest absolute Gasteiger partial charge is 0.276 e. The van der Waals surface area contributed by atoms with Gasteiger partial charge in [-0.2, -0.15) is 5.10 Å². The lowest BCUT2D eigenvalue weighted by Crippen LogP contribution is -2.17. The molecule has 1 atom stereocenters. The van der Waals surface area contributed by atoms with Gasteiger partial charge in [-0.15, -0.1) is 10.2 Å². The number of nitrogens with zero attached hydrogens (tertiary/aromatic N) is 4. The van der Waals surface area contributed by atoms with Gasteiger partial charge >= 0.3 is 0 Å². The Balaban J connectivity index is 1.55. The molecule has 0 radical (unpaired) electrons. The molecule has 4 rings (SSSR count). The molecule has 1 unspecified atom stereocenters. The molecule has 2 amide bonds. The standard InChI is InChI=1S/C20H17N5O2/c1-2-25-12-11-17(24-25)20(27)21-14-9-7-13(8-10-14)18-15-5-3-4-6-16(15)19(26)23-22-18/h3-12,16H,2H2,1H3,(H,21,27). The predicted octanol–water partition coefficient (Wildman–Crippen LogP) is 3.60. The van der Waals surface area contributed by atoms with Gasteiger partial charge in [-0.3, -0.25) is 14.3 Å². The number of hydrogen-bond donors (Lipinski definition) is 1. The van der Waals surface area contributed by atoms with Gasteiger partial charge < -0.3 is 5.32 Å². The first-order valence-corrected chi connectivity index (χ1v) is 8.65. The third-order valence-corrected chi connectivity index (χ3v) is 4.43. The van der Waals surface area contributed by atoms with Gasteiger partial charge in [0.25, 0.3) is 11.8 Å². The molecule has 1 aromatic heterocycles. The summed E-state index contributed by atoms with van der Waals surface area (Å²) in [5.41, 5.74) is 3.35. The van der Waals surface area contributed by atoms with Crippen molar-refractivity contribution in [2.45, 2.75) is 13.5 Å². The van der Waals surface area contributed by atoms with Gasteiger partial charge in [0.1, 0.15) is 0 Å². The molecule has 1 aliphatic carbocycles. The third kappa shape index (κ3) is 3.27. The molecule has 1 N–H and O–H groups in total. The number of hydrogen-bond acceptors (Lipinski definition) is 4. The summed E-state index contributed by atoms with van der Waals surface area (Å²) in [5, 5.41) is 14.9. The van der Waals surface area contributed by atoms with E-state index < -0.39 is 0 Å². The average Bonchev–Trinajstić information content (AvgIpc) is 3.19. The number of anilines is 1. The SMILES string of the molecule is CCn1ccc(C(=O)Nc2ccc(C3=C4C=CC=CC4C(=O)N=N3)cc2)n1. The maximum atomic E-state index is 12.3. The molecule has 0 fully saturated rings. The number of amides is 2. The van der Waals surface area contributed by atoms with Crippen LogP contribution in [0.3, 0.4) is 0 Å². The summed E-state index contributed by atoms with van der Waals surface area (Å²) in [6.45, 7) is 2.67. The van der Waals surface area contributed by atoms with E-state index in [2.05, 4.69) is 20.6 Å². The van der Waals surface area contributed by atoms with E-state index in [-0.39, 0.29) is 17.7 Å². The molecule has 0 saturated heterocycles. The fraction of sp³-hybridized carbons (Fsp3) is 0.150. The van der Waals surface area contributed by atoms with Crippen molar-refractivity contribution in [3.63, 3.8) is 0 Å². The Morgan fingerprint density at radius 1 is 1.15 bits per heavy atom. The number of allylic oxidation sites excluding steroid dienone is 3. The highest BCUT2D eigenvalue weighted by Gasteiger charge is 2.27. The van der Waals surface area contributed by atoms with Gasteiger partial charge in [0.05, 0.1) is 11.6 Å². The molecule has 0 saturated carbocycles. The summed E-state index contributed by atoms with van der Waals surface area (Å²) in [5.74, 6) is -0.902. The molecule has 134 valence electrons. The van der Waals surface area contributed by atoms with Gasteiger partial charge in [0.15, 0.2) is 5.69 Å². The summed E-state index contributed by atoms with van der Waals surface area (Å²) in [6, 6.07) is 8.96. The van der Waals surface area contributed by atoms with E-state index in [1.807, 2.05) is 43.4 Å². The van der Waals surface area contributed by atoms with Crippen molar-refractivity contribution in [2.75, 3.05) is 5.32 Å². The van der Waals surface area contributed by atoms with Crippen LogP contribution in [0.1, 0.15) is 23.0 Å². The number of aryl methyl sites for hydroxylation is 1. The lowest BCUT2D eigenvalue weighted by Gasteiger charge is -2.19. The van der Waals surface area contributed by atoms with Crippen LogP contribution in [0.4, 0.5) is 5.69 Å². The molecule has 27 heavy (non-hydrogen) atoms. The zero-order valence-electron chi connectivity index (χ0n) is 14.7. The molecule has 7 nitrogen and oxygen atoms in total. The number of aromatic nitrogens is 2. The molecular weight excluding hydrogens is 342 g/mol. The van der Waals surface area contributed by atoms with Crippen molar-refractivity contribution in [2.24, 2.45) is 16.1 Å². The third-order valence-electron chi connectivity index (χ3n) is 4.43. The van der Waals surface area contributed by atoms with Crippen LogP contribution in [0.2, 0.25) is 0 Å². The van der Waals surface area contributed by atoms with Gasteiger partial charge in [-0.25, -0.2) is 0 Å². The van der Waals surface area contributed by atoms with E-state index in [4.69, 9.17) is 0 Å². The van der Waals surface area contributed by atoms with Crippen molar-refractivity contribution in [1.29, 1.82) is 0 Å². The average molecular weight is 359 g/mol. The molecule has 2 aromatic rings. The largest absolute Gasteiger partial charge is 0.321 e. The number of fused-ring (bicyclic) bond motifs is 1. The van der Waals surface area contributed by atoms with Gasteiger partial charge in [0.2, 0.25) is 0 Å². The van der Waals surface area contributed by atoms with Crippen molar-refractivity contribution in [3.05, 3.63) is 77.7 Å². The summed E-state index contributed by atoms with van der Waals surface area (Å²) in [6.07, 6.45) is 9.19. The van der Waals surface area contributed by atoms with Crippen LogP contribution in [-0.2, 0) is 11.3 Å². The minimum atomic E-state index is -0.379. The molecule has 2 heterocycles. The van der Waals surface area contributed by atoms with Gasteiger partial charge in [-0.05, 0) is 30.7 Å². The Morgan fingerprint density at radius 2 is 1.96 bits per heavy atom. The minimum Gasteiger partial charge on any atom is -0.321 e. The molecule has 1 aromatic carbocycles. The predicted molar refractivity (Wildman–Crippen MR) is 101 cm³/mol. The van der Waals surface area contributed by atoms with Crippen molar-refractivity contribution < 1.29 is 9.59 Å². The molecule has 1 aliphatic heterocycles. The first-order chi connectivity index (χ1) is 13.2. The maximum Gasteiger partial charge on any atom is 0.276 e. The van der Waals surface area contributed by atoms with Crippen LogP contribution in [0.5, 0.6) is 0 Å². The van der Waals surface area contributed by atoms with Gasteiger partial charge in [-0.1, -0.05) is 36.4 Å². The minimum absolute atomic E-state index is 0.259. The number of carbonyl (C=O) groups is 2. The number of benzene rings is 1. The van der Waals surface area contributed by atoms with Crippen LogP contribution in [0, 0.1) is 5.92 Å². The van der Waals surface area contributed by atoms with E-state index in [1.54, 1.807) is 29.1 Å². The van der Waals surface area contributed by atoms with E-state index in [1.165, 1.54) is 0 Å². The van der Waals surface area contributed by atoms with Crippen molar-refractivity contribution in [1.82, 2.24) is 9.78 Å². The molecular formula is C20H17N5O2. The second-order valence-electron chi connectivity index (χ2n) is 6.15. The highest BCUT2D eigenvalue weighted by molar-refractivity contribution is 6.02. The number of rotatable bonds is 4. The summed E-state index contributed by atoms with van der Waals surface area (Å²) in [7, 11) is 0. The maximum absolute atomic E-state index is 12.3. The monoisotopic (exact) mass is 359 g/mol. The zero-order valence-corrected chi connectivity index (χ0v) is 14.7. The second-order valence-corrected chi connectivity index (χ2v) is 6.15. The van der Waals surface area contributed by atoms with Crippen molar-refractivity contribution in [3.8, 4) is 0 Å². The fourth-order valence-electron chi connectivity index (χ4n) is 2.99. The fourth-order valence-corrected chi connectivity index (χ4v) is 2.99. The van der Waals surface area contributed by atoms with Crippen LogP contribution < -0.4 is 5.32 Å². The van der Waals surface area contributed by atoms with E-state index in [0.717, 1.165) is 11.1 Å². The molecule has 2 aliphatic rings. The zero-order chi connectivity index (χ0) is 18.8. The Kier molecular flexibility index (Phi) is 4.33. The Bertz CT molecular complexity index is 1020. The summed E-state index contributed by atoms with van der Waals surface area (Å²) in [4.78, 5) is 24.2. The summed E-state index contributed by atoms with van der Waals surface area (Å²) >= 11 is 0. The summed E-state index contributed by atoms with van der Waals surface area (Å²) < 4.78 is 1.70. The van der Waals surface area contributed by atoms with Crippen LogP contribution in [0.15, 0.2) is 76.6 Å². The molecule has 7 heteroatoms. The van der Waals surface area contributed by atoms with E-state index in [9.17, 15) is 9.59 Å². The Hall–Kier alpha value is -3.61. The van der Waals surface area contributed by atoms with Crippen LogP contribution in [-0.4, -0.2) is 21.6 Å². The molecule has 0 bridgehead atoms. The number of carbonyl (C=O) groups excluding carboxylic acids is 2. The highest BCUT2D eigenvalue weighted by Crippen LogP contribution is 2.34. The van der Waals surface area contributed by atoms with Crippen molar-refractivity contribution >= 4 is 23.2 Å². The van der Waals surface area contributed by atoms with E-state index in [0.29, 0.717) is 23.6 Å². The number of nitrogens with one attached hydrogen (secondary N) is 1. The Morgan fingerprint density at radius 3 is 2.70 bits per heavy atom. The van der Waals surface area contributed by atoms with Crippen LogP contribution >= 0.6 is 0 Å². The van der Waals surface area contributed by atoms with Crippen LogP contribution in [0.25, 0.3) is 5.70 Å². The lowest BCUT2D eigenvalue weighted by molar-refractivity contribution is -0.119. The quantitative estimate of drug-likeness (QED) is 0.904. The van der Waals surface area contributed by atoms with E-state index >= 15 is 0 Å². The van der Waals surface area contributed by atoms with Gasteiger partial charge in [0, 0.05) is 24.0 Å². The number of azo groups is 1. The Labute approximate surface area is 155 Å². The highest BCUT2D eigenvalue weighted by atomic mass is 16.2. The normalized spacial score (nSPS) is 18.0. The first kappa shape index (κ1) is 16.8. The molecule has 0 spiro atoms. The first-order valence-electron chi connectivity index (χ1n) is 8.65. The lowest BCUT2D eigenvalue weighted by atomic mass is 9.89. The topological polar surface area (TPSA) is 88.7 Å².